The number of imide groups is 1. The molecule has 1 aromatic heterocycles. The number of rotatable bonds is 3. The van der Waals surface area contributed by atoms with E-state index in [1.54, 1.807) is 0 Å². The van der Waals surface area contributed by atoms with Gasteiger partial charge >= 0.3 is 0 Å². The largest absolute Gasteiger partial charge is 0.384 e. The third kappa shape index (κ3) is 3.06. The second-order valence-corrected chi connectivity index (χ2v) is 9.08. The molecule has 3 rings (SSSR count). The second kappa shape index (κ2) is 6.11. The molecule has 15 heteroatoms. The molecule has 1 aliphatic rings. The van der Waals surface area contributed by atoms with Crippen LogP contribution in [0.2, 0.25) is 5.02 Å². The monoisotopic (exact) mass is 447 g/mol. The van der Waals surface area contributed by atoms with E-state index in [4.69, 9.17) is 27.6 Å². The molecule has 12 nitrogen and oxygen atoms in total. The Morgan fingerprint density at radius 2 is 1.46 bits per heavy atom. The lowest BCUT2D eigenvalue weighted by Gasteiger charge is -2.16. The average Bonchev–Trinajstić information content (AvgIpc) is 2.79. The van der Waals surface area contributed by atoms with Crippen molar-refractivity contribution in [3.05, 3.63) is 44.7 Å². The zero-order chi connectivity index (χ0) is 21.2. The Morgan fingerprint density at radius 1 is 0.893 bits per heavy atom. The molecule has 0 saturated heterocycles. The Balaban J connectivity index is 2.49. The van der Waals surface area contributed by atoms with E-state index in [1.807, 2.05) is 5.32 Å². The number of primary sulfonamides is 2. The number of nitrogen functional groups attached to an aromatic ring is 1. The fourth-order valence-corrected chi connectivity index (χ4v) is 4.56. The second-order valence-electron chi connectivity index (χ2n) is 5.62. The fraction of sp³-hybridized carbons (Fsp3) is 0. The molecule has 0 spiro atoms. The van der Waals surface area contributed by atoms with Crippen molar-refractivity contribution >= 4 is 49.3 Å². The lowest BCUT2D eigenvalue weighted by atomic mass is 10.1. The van der Waals surface area contributed by atoms with Gasteiger partial charge in [0, 0.05) is 6.07 Å². The van der Waals surface area contributed by atoms with Crippen LogP contribution in [0.4, 0.5) is 5.82 Å². The topological polar surface area (TPSA) is 215 Å². The Labute approximate surface area is 162 Å². The van der Waals surface area contributed by atoms with Gasteiger partial charge in [-0.05, 0) is 12.1 Å². The van der Waals surface area contributed by atoms with Crippen LogP contribution in [0, 0.1) is 0 Å². The number of benzene rings is 1. The van der Waals surface area contributed by atoms with Gasteiger partial charge < -0.3 is 5.73 Å². The maximum atomic E-state index is 12.5. The standard InChI is InChI=1S/C13H10ClN5O7S2/c14-5-2-6(8(28(17,25)26)3-7(5)27(16,23)24)19-9(20)1-4-10(11(19)15)13(22)18-12(4)21/h1-3H,15H2,(H2,16,23,24)(H2,17,25,26)(H,18,21,22). The fourth-order valence-electron chi connectivity index (χ4n) is 2.67. The molecule has 1 aromatic carbocycles. The van der Waals surface area contributed by atoms with Crippen LogP contribution in [0.15, 0.2) is 32.8 Å². The minimum Gasteiger partial charge on any atom is -0.384 e. The SMILES string of the molecule is Nc1c2c(cc(=O)n1-c1cc(Cl)c(S(N)(=O)=O)cc1S(N)(=O)=O)C(=O)NC2=O. The van der Waals surface area contributed by atoms with Gasteiger partial charge in [-0.1, -0.05) is 11.6 Å². The summed E-state index contributed by atoms with van der Waals surface area (Å²) in [6, 6.07) is 2.12. The van der Waals surface area contributed by atoms with Gasteiger partial charge in [0.25, 0.3) is 17.4 Å². The molecule has 0 radical (unpaired) electrons. The summed E-state index contributed by atoms with van der Waals surface area (Å²) in [7, 11) is -9.05. The van der Waals surface area contributed by atoms with Crippen molar-refractivity contribution in [3.8, 4) is 5.69 Å². The third-order valence-electron chi connectivity index (χ3n) is 3.82. The Bertz CT molecular complexity index is 1360. The van der Waals surface area contributed by atoms with Gasteiger partial charge in [-0.15, -0.1) is 0 Å². The summed E-state index contributed by atoms with van der Waals surface area (Å²) in [4.78, 5) is 34.5. The molecule has 28 heavy (non-hydrogen) atoms. The first-order valence-electron chi connectivity index (χ1n) is 7.04. The van der Waals surface area contributed by atoms with E-state index in [-0.39, 0.29) is 11.1 Å². The van der Waals surface area contributed by atoms with Crippen LogP contribution < -0.4 is 26.9 Å². The molecule has 0 saturated carbocycles. The van der Waals surface area contributed by atoms with Crippen LogP contribution in [0.1, 0.15) is 20.7 Å². The van der Waals surface area contributed by atoms with Crippen LogP contribution in [-0.4, -0.2) is 33.2 Å². The molecule has 2 aromatic rings. The molecule has 0 aliphatic carbocycles. The van der Waals surface area contributed by atoms with Crippen molar-refractivity contribution in [2.45, 2.75) is 9.79 Å². The van der Waals surface area contributed by atoms with Crippen molar-refractivity contribution in [3.63, 3.8) is 0 Å². The molecule has 2 amide bonds. The normalized spacial score (nSPS) is 14.1. The van der Waals surface area contributed by atoms with E-state index in [1.165, 1.54) is 0 Å². The van der Waals surface area contributed by atoms with Crippen LogP contribution in [-0.2, 0) is 20.0 Å². The Kier molecular flexibility index (Phi) is 4.36. The minimum atomic E-state index is -4.61. The molecule has 2 heterocycles. The molecule has 0 unspecified atom stereocenters. The van der Waals surface area contributed by atoms with Crippen molar-refractivity contribution < 1.29 is 26.4 Å². The Hall–Kier alpha value is -2.78. The highest BCUT2D eigenvalue weighted by molar-refractivity contribution is 7.90. The maximum Gasteiger partial charge on any atom is 0.262 e. The molecule has 0 atom stereocenters. The number of nitrogens with zero attached hydrogens (tertiary/aromatic N) is 1. The van der Waals surface area contributed by atoms with Gasteiger partial charge in [-0.3, -0.25) is 24.3 Å². The number of pyridine rings is 1. The summed E-state index contributed by atoms with van der Waals surface area (Å²) in [5, 5.41) is 11.5. The van der Waals surface area contributed by atoms with E-state index < -0.39 is 63.7 Å². The molecule has 0 fully saturated rings. The van der Waals surface area contributed by atoms with Crippen molar-refractivity contribution in [1.82, 2.24) is 9.88 Å². The van der Waals surface area contributed by atoms with Gasteiger partial charge in [0.05, 0.1) is 21.8 Å². The summed E-state index contributed by atoms with van der Waals surface area (Å²) < 4.78 is 47.8. The van der Waals surface area contributed by atoms with Gasteiger partial charge in [-0.2, -0.15) is 0 Å². The van der Waals surface area contributed by atoms with E-state index in [2.05, 4.69) is 0 Å². The number of nitrogens with one attached hydrogen (secondary N) is 1. The quantitative estimate of drug-likeness (QED) is 0.394. The summed E-state index contributed by atoms with van der Waals surface area (Å²) >= 11 is 5.88. The number of hydrogen-bond acceptors (Lipinski definition) is 8. The van der Waals surface area contributed by atoms with E-state index in [9.17, 15) is 31.2 Å². The van der Waals surface area contributed by atoms with Crippen LogP contribution in [0.3, 0.4) is 0 Å². The van der Waals surface area contributed by atoms with Crippen LogP contribution >= 0.6 is 11.6 Å². The minimum absolute atomic E-state index is 0.298. The maximum absolute atomic E-state index is 12.5. The summed E-state index contributed by atoms with van der Waals surface area (Å²) in [5.74, 6) is -2.34. The number of carbonyl (C=O) groups is 2. The molecule has 148 valence electrons. The van der Waals surface area contributed by atoms with Gasteiger partial charge in [-0.25, -0.2) is 27.1 Å². The average molecular weight is 448 g/mol. The highest BCUT2D eigenvalue weighted by Gasteiger charge is 2.33. The van der Waals surface area contributed by atoms with Crippen molar-refractivity contribution in [2.75, 3.05) is 5.73 Å². The van der Waals surface area contributed by atoms with Crippen LogP contribution in [0.25, 0.3) is 5.69 Å². The number of amides is 2. The van der Waals surface area contributed by atoms with E-state index in [0.29, 0.717) is 10.6 Å². The van der Waals surface area contributed by atoms with Gasteiger partial charge in [0.1, 0.15) is 15.6 Å². The smallest absolute Gasteiger partial charge is 0.262 e. The number of fused-ring (bicyclic) bond motifs is 1. The summed E-state index contributed by atoms with van der Waals surface area (Å²) in [6.45, 7) is 0. The number of aromatic nitrogens is 1. The highest BCUT2D eigenvalue weighted by atomic mass is 35.5. The lowest BCUT2D eigenvalue weighted by Crippen LogP contribution is -2.27. The van der Waals surface area contributed by atoms with Crippen molar-refractivity contribution in [1.29, 1.82) is 0 Å². The molecular formula is C13H10ClN5O7S2. The number of carbonyl (C=O) groups excluding carboxylic acids is 2. The number of sulfonamides is 2. The summed E-state index contributed by atoms with van der Waals surface area (Å²) in [6.07, 6.45) is 0. The number of halogens is 1. The summed E-state index contributed by atoms with van der Waals surface area (Å²) in [5.41, 5.74) is 3.65. The van der Waals surface area contributed by atoms with E-state index in [0.717, 1.165) is 12.1 Å². The highest BCUT2D eigenvalue weighted by Crippen LogP contribution is 2.31. The molecule has 1 aliphatic heterocycles. The molecule has 7 N–H and O–H groups in total. The predicted octanol–water partition coefficient (Wildman–Crippen LogP) is -1.75. The first kappa shape index (κ1) is 20.0. The van der Waals surface area contributed by atoms with Gasteiger partial charge in [0.15, 0.2) is 0 Å². The Morgan fingerprint density at radius 3 is 2.00 bits per heavy atom. The number of hydrogen-bond donors (Lipinski definition) is 4. The first-order chi connectivity index (χ1) is 12.7. The number of anilines is 1. The van der Waals surface area contributed by atoms with Crippen LogP contribution in [0.5, 0.6) is 0 Å². The zero-order valence-electron chi connectivity index (χ0n) is 13.5. The molecule has 0 bridgehead atoms. The predicted molar refractivity (Wildman–Crippen MR) is 96.0 cm³/mol. The molecular weight excluding hydrogens is 438 g/mol. The number of nitrogens with two attached hydrogens (primary N) is 3. The third-order valence-corrected chi connectivity index (χ3v) is 6.14. The van der Waals surface area contributed by atoms with E-state index >= 15 is 0 Å². The van der Waals surface area contributed by atoms with Crippen molar-refractivity contribution in [2.24, 2.45) is 10.3 Å². The van der Waals surface area contributed by atoms with Gasteiger partial charge in [0.2, 0.25) is 20.0 Å². The zero-order valence-corrected chi connectivity index (χ0v) is 15.9. The lowest BCUT2D eigenvalue weighted by molar-refractivity contribution is 0.0880. The first-order valence-corrected chi connectivity index (χ1v) is 10.5.